The fourth-order valence-corrected chi connectivity index (χ4v) is 0.976. The number of allylic oxidation sites excluding steroid dienone is 1. The molecule has 0 saturated heterocycles. The Morgan fingerprint density at radius 1 is 1.73 bits per heavy atom. The smallest absolute Gasteiger partial charge is 0.330 e. The lowest BCUT2D eigenvalue weighted by Crippen LogP contribution is -1.99. The summed E-state index contributed by atoms with van der Waals surface area (Å²) in [5.41, 5.74) is 0.755. The molecule has 0 unspecified atom stereocenters. The van der Waals surface area contributed by atoms with E-state index < -0.39 is 0 Å². The molecule has 0 saturated carbocycles. The van der Waals surface area contributed by atoms with Gasteiger partial charge in [0.15, 0.2) is 0 Å². The third-order valence-corrected chi connectivity index (χ3v) is 1.61. The van der Waals surface area contributed by atoms with E-state index in [0.717, 1.165) is 5.69 Å². The Morgan fingerprint density at radius 2 is 2.53 bits per heavy atom. The number of hydrogen-bond donors (Lipinski definition) is 0. The predicted molar refractivity (Wildman–Crippen MR) is 56.1 cm³/mol. The molecule has 0 spiro atoms. The van der Waals surface area contributed by atoms with Gasteiger partial charge in [-0.25, -0.2) is 9.78 Å². The van der Waals surface area contributed by atoms with Crippen LogP contribution in [0.5, 0.6) is 0 Å². The molecule has 0 aliphatic carbocycles. The van der Waals surface area contributed by atoms with Gasteiger partial charge in [-0.2, -0.15) is 0 Å². The second kappa shape index (κ2) is 5.80. The molecule has 0 bridgehead atoms. The highest BCUT2D eigenvalue weighted by atomic mass is 16.5. The van der Waals surface area contributed by atoms with Crippen molar-refractivity contribution >= 4 is 12.0 Å². The highest BCUT2D eigenvalue weighted by Crippen LogP contribution is 2.04. The molecule has 0 N–H and O–H groups in total. The third-order valence-electron chi connectivity index (χ3n) is 1.61. The highest BCUT2D eigenvalue weighted by Gasteiger charge is 1.98. The molecule has 15 heavy (non-hydrogen) atoms. The number of oxazole rings is 1. The number of ether oxygens (including phenoxy) is 1. The van der Waals surface area contributed by atoms with Crippen LogP contribution >= 0.6 is 0 Å². The first-order valence-corrected chi connectivity index (χ1v) is 4.66. The van der Waals surface area contributed by atoms with Crippen LogP contribution in [-0.4, -0.2) is 17.6 Å². The monoisotopic (exact) mass is 207 g/mol. The minimum atomic E-state index is -0.343. The van der Waals surface area contributed by atoms with Crippen LogP contribution in [-0.2, 0) is 16.0 Å². The zero-order chi connectivity index (χ0) is 11.1. The van der Waals surface area contributed by atoms with Crippen molar-refractivity contribution in [1.82, 2.24) is 4.98 Å². The molecule has 0 radical (unpaired) electrons. The first-order chi connectivity index (χ1) is 7.26. The summed E-state index contributed by atoms with van der Waals surface area (Å²) in [6, 6.07) is 0. The molecule has 4 nitrogen and oxygen atoms in total. The second-order valence-electron chi connectivity index (χ2n) is 2.74. The molecular weight excluding hydrogens is 194 g/mol. The molecule has 1 aromatic heterocycles. The maximum atomic E-state index is 10.9. The van der Waals surface area contributed by atoms with Gasteiger partial charge in [-0.05, 0) is 13.0 Å². The second-order valence-corrected chi connectivity index (χ2v) is 2.74. The molecule has 1 heterocycles. The molecular formula is C11H13NO3. The number of esters is 1. The van der Waals surface area contributed by atoms with Crippen molar-refractivity contribution < 1.29 is 13.9 Å². The fraction of sp³-hybridized carbons (Fsp3) is 0.273. The van der Waals surface area contributed by atoms with E-state index in [-0.39, 0.29) is 5.97 Å². The van der Waals surface area contributed by atoms with Crippen molar-refractivity contribution in [2.45, 2.75) is 13.3 Å². The summed E-state index contributed by atoms with van der Waals surface area (Å²) in [5.74, 6) is 0.138. The Labute approximate surface area is 88.3 Å². The number of carbonyl (C=O) groups excluding carboxylic acids is 1. The summed E-state index contributed by atoms with van der Waals surface area (Å²) in [5, 5.41) is 0. The van der Waals surface area contributed by atoms with Crippen LogP contribution in [0.15, 0.2) is 29.4 Å². The average Bonchev–Trinajstić information content (AvgIpc) is 2.66. The van der Waals surface area contributed by atoms with E-state index in [4.69, 9.17) is 9.15 Å². The number of rotatable bonds is 5. The largest absolute Gasteiger partial charge is 0.463 e. The summed E-state index contributed by atoms with van der Waals surface area (Å²) in [7, 11) is 0. The molecule has 0 aliphatic heterocycles. The Morgan fingerprint density at radius 3 is 3.13 bits per heavy atom. The maximum Gasteiger partial charge on any atom is 0.330 e. The minimum absolute atomic E-state index is 0.343. The minimum Gasteiger partial charge on any atom is -0.463 e. The quantitative estimate of drug-likeness (QED) is 0.547. The third kappa shape index (κ3) is 3.81. The molecule has 0 aromatic carbocycles. The number of hydrogen-bond acceptors (Lipinski definition) is 4. The molecule has 1 rings (SSSR count). The van der Waals surface area contributed by atoms with Gasteiger partial charge in [0.05, 0.1) is 12.3 Å². The molecule has 0 amide bonds. The van der Waals surface area contributed by atoms with E-state index in [1.54, 1.807) is 13.0 Å². The predicted octanol–water partition coefficient (Wildman–Crippen LogP) is 1.98. The molecule has 4 heteroatoms. The van der Waals surface area contributed by atoms with Gasteiger partial charge >= 0.3 is 5.97 Å². The van der Waals surface area contributed by atoms with Crippen LogP contribution in [0.3, 0.4) is 0 Å². The maximum absolute atomic E-state index is 10.9. The van der Waals surface area contributed by atoms with E-state index in [0.29, 0.717) is 18.9 Å². The summed E-state index contributed by atoms with van der Waals surface area (Å²) in [4.78, 5) is 15.0. The van der Waals surface area contributed by atoms with Gasteiger partial charge in [-0.3, -0.25) is 0 Å². The SMILES string of the molecule is C=Cc1nc(C/C=C/C(=O)OCC)co1. The topological polar surface area (TPSA) is 52.3 Å². The lowest BCUT2D eigenvalue weighted by atomic mass is 10.3. The Hall–Kier alpha value is -1.84. The molecule has 80 valence electrons. The van der Waals surface area contributed by atoms with E-state index in [1.165, 1.54) is 18.4 Å². The first-order valence-electron chi connectivity index (χ1n) is 4.66. The van der Waals surface area contributed by atoms with Crippen LogP contribution in [0.1, 0.15) is 18.5 Å². The van der Waals surface area contributed by atoms with Gasteiger partial charge in [-0.1, -0.05) is 12.7 Å². The number of aromatic nitrogens is 1. The Balaban J connectivity index is 2.42. The van der Waals surface area contributed by atoms with Crippen LogP contribution in [0.2, 0.25) is 0 Å². The molecule has 1 aromatic rings. The summed E-state index contributed by atoms with van der Waals surface area (Å²) in [6.45, 7) is 5.68. The lowest BCUT2D eigenvalue weighted by Gasteiger charge is -1.93. The van der Waals surface area contributed by atoms with Crippen molar-refractivity contribution in [2.24, 2.45) is 0 Å². The van der Waals surface area contributed by atoms with Crippen molar-refractivity contribution in [3.05, 3.63) is 36.6 Å². The zero-order valence-electron chi connectivity index (χ0n) is 8.60. The van der Waals surface area contributed by atoms with E-state index >= 15 is 0 Å². The van der Waals surface area contributed by atoms with Crippen LogP contribution in [0, 0.1) is 0 Å². The van der Waals surface area contributed by atoms with Crippen molar-refractivity contribution in [1.29, 1.82) is 0 Å². The van der Waals surface area contributed by atoms with E-state index in [2.05, 4.69) is 11.6 Å². The standard InChI is InChI=1S/C11H13NO3/c1-3-10-12-9(8-15-10)6-5-7-11(13)14-4-2/h3,5,7-8H,1,4,6H2,2H3/b7-5+. The van der Waals surface area contributed by atoms with Crippen LogP contribution in [0.4, 0.5) is 0 Å². The molecule has 0 fully saturated rings. The van der Waals surface area contributed by atoms with Crippen molar-refractivity contribution in [2.75, 3.05) is 6.61 Å². The number of nitrogens with zero attached hydrogens (tertiary/aromatic N) is 1. The van der Waals surface area contributed by atoms with Crippen molar-refractivity contribution in [3.63, 3.8) is 0 Å². The molecule has 0 atom stereocenters. The van der Waals surface area contributed by atoms with E-state index in [1.807, 2.05) is 0 Å². The lowest BCUT2D eigenvalue weighted by molar-refractivity contribution is -0.137. The summed E-state index contributed by atoms with van der Waals surface area (Å²) >= 11 is 0. The van der Waals surface area contributed by atoms with Crippen LogP contribution < -0.4 is 0 Å². The highest BCUT2D eigenvalue weighted by molar-refractivity contribution is 5.81. The van der Waals surface area contributed by atoms with E-state index in [9.17, 15) is 4.79 Å². The van der Waals surface area contributed by atoms with Crippen molar-refractivity contribution in [3.8, 4) is 0 Å². The average molecular weight is 207 g/mol. The first kappa shape index (κ1) is 11.2. The summed E-state index contributed by atoms with van der Waals surface area (Å²) in [6.07, 6.45) is 6.66. The van der Waals surface area contributed by atoms with Gasteiger partial charge in [0.1, 0.15) is 6.26 Å². The van der Waals surface area contributed by atoms with Gasteiger partial charge in [0.25, 0.3) is 0 Å². The normalized spacial score (nSPS) is 10.5. The summed E-state index contributed by atoms with van der Waals surface area (Å²) < 4.78 is 9.76. The number of carbonyl (C=O) groups is 1. The van der Waals surface area contributed by atoms with Gasteiger partial charge in [0, 0.05) is 12.5 Å². The Bertz CT molecular complexity index is 366. The Kier molecular flexibility index (Phi) is 4.34. The van der Waals surface area contributed by atoms with Gasteiger partial charge in [0.2, 0.25) is 5.89 Å². The zero-order valence-corrected chi connectivity index (χ0v) is 8.60. The van der Waals surface area contributed by atoms with Gasteiger partial charge < -0.3 is 9.15 Å². The fourth-order valence-electron chi connectivity index (χ4n) is 0.976. The van der Waals surface area contributed by atoms with Gasteiger partial charge in [-0.15, -0.1) is 0 Å². The van der Waals surface area contributed by atoms with Crippen LogP contribution in [0.25, 0.3) is 6.08 Å². The molecule has 0 aliphatic rings.